The van der Waals surface area contributed by atoms with Crippen molar-refractivity contribution in [3.05, 3.63) is 84.1 Å². The topological polar surface area (TPSA) is 67.4 Å². The molecule has 0 aliphatic rings. The van der Waals surface area contributed by atoms with Crippen molar-refractivity contribution in [3.63, 3.8) is 0 Å². The van der Waals surface area contributed by atoms with E-state index in [1.54, 1.807) is 19.6 Å². The molecule has 0 amide bonds. The van der Waals surface area contributed by atoms with Crippen LogP contribution in [0.2, 0.25) is 0 Å². The fourth-order valence-electron chi connectivity index (χ4n) is 3.27. The maximum Gasteiger partial charge on any atom is 0.191 e. The number of nitrogens with zero attached hydrogens (tertiary/aromatic N) is 3. The summed E-state index contributed by atoms with van der Waals surface area (Å²) in [5.41, 5.74) is 4.32. The van der Waals surface area contributed by atoms with Crippen LogP contribution in [0.15, 0.2) is 76.7 Å². The molecule has 2 heterocycles. The summed E-state index contributed by atoms with van der Waals surface area (Å²) in [6.45, 7) is 3.30. The zero-order valence-corrected chi connectivity index (χ0v) is 16.0. The lowest BCUT2D eigenvalue weighted by Crippen LogP contribution is -2.36. The molecule has 0 bridgehead atoms. The van der Waals surface area contributed by atoms with E-state index in [0.29, 0.717) is 13.1 Å². The van der Waals surface area contributed by atoms with Gasteiger partial charge in [-0.2, -0.15) is 0 Å². The molecule has 0 spiro atoms. The second kappa shape index (κ2) is 8.00. The van der Waals surface area contributed by atoms with Crippen LogP contribution in [-0.2, 0) is 13.1 Å². The van der Waals surface area contributed by atoms with Crippen molar-refractivity contribution < 1.29 is 4.42 Å². The third-order valence-electron chi connectivity index (χ3n) is 4.80. The predicted octanol–water partition coefficient (Wildman–Crippen LogP) is 3.79. The molecular formula is C22H23N5O. The number of imidazole rings is 1. The minimum atomic E-state index is 0.573. The van der Waals surface area contributed by atoms with Gasteiger partial charge in [0.15, 0.2) is 5.96 Å². The summed E-state index contributed by atoms with van der Waals surface area (Å²) < 4.78 is 7.97. The van der Waals surface area contributed by atoms with E-state index in [1.807, 2.05) is 41.1 Å². The van der Waals surface area contributed by atoms with Gasteiger partial charge in [0.25, 0.3) is 0 Å². The Hall–Kier alpha value is -3.54. The Morgan fingerprint density at radius 1 is 1.07 bits per heavy atom. The molecule has 4 aromatic rings. The number of fused-ring (bicyclic) bond motifs is 1. The van der Waals surface area contributed by atoms with Gasteiger partial charge in [-0.1, -0.05) is 36.4 Å². The first-order valence-corrected chi connectivity index (χ1v) is 9.24. The summed E-state index contributed by atoms with van der Waals surface area (Å²) in [6, 6.07) is 16.3. The average molecular weight is 373 g/mol. The SMILES string of the molecule is CN=C(NCc1ccccc1-n1ccnc1)NCc1oc2ccccc2c1C. The Balaban J connectivity index is 1.43. The molecule has 2 N–H and O–H groups in total. The van der Waals surface area contributed by atoms with E-state index in [2.05, 4.69) is 45.7 Å². The lowest BCUT2D eigenvalue weighted by Gasteiger charge is -2.14. The summed E-state index contributed by atoms with van der Waals surface area (Å²) in [5, 5.41) is 7.86. The van der Waals surface area contributed by atoms with Crippen molar-refractivity contribution in [1.82, 2.24) is 20.2 Å². The summed E-state index contributed by atoms with van der Waals surface area (Å²) in [4.78, 5) is 8.46. The highest BCUT2D eigenvalue weighted by Crippen LogP contribution is 2.24. The van der Waals surface area contributed by atoms with Crippen LogP contribution in [0.4, 0.5) is 0 Å². The average Bonchev–Trinajstić information content (AvgIpc) is 3.37. The van der Waals surface area contributed by atoms with Gasteiger partial charge in [-0.15, -0.1) is 0 Å². The lowest BCUT2D eigenvalue weighted by molar-refractivity contribution is 0.534. The van der Waals surface area contributed by atoms with E-state index in [1.165, 1.54) is 0 Å². The zero-order chi connectivity index (χ0) is 19.3. The number of aryl methyl sites for hydroxylation is 1. The summed E-state index contributed by atoms with van der Waals surface area (Å²) in [6.07, 6.45) is 5.52. The molecule has 0 unspecified atom stereocenters. The van der Waals surface area contributed by atoms with Crippen LogP contribution >= 0.6 is 0 Å². The van der Waals surface area contributed by atoms with E-state index >= 15 is 0 Å². The quantitative estimate of drug-likeness (QED) is 0.413. The highest BCUT2D eigenvalue weighted by Gasteiger charge is 2.11. The van der Waals surface area contributed by atoms with E-state index in [9.17, 15) is 0 Å². The van der Waals surface area contributed by atoms with Crippen molar-refractivity contribution in [1.29, 1.82) is 0 Å². The number of furan rings is 1. The van der Waals surface area contributed by atoms with Gasteiger partial charge in [0.05, 0.1) is 18.6 Å². The Morgan fingerprint density at radius 3 is 2.64 bits per heavy atom. The number of nitrogens with one attached hydrogen (secondary N) is 2. The van der Waals surface area contributed by atoms with E-state index in [-0.39, 0.29) is 0 Å². The molecule has 142 valence electrons. The van der Waals surface area contributed by atoms with E-state index in [4.69, 9.17) is 4.42 Å². The van der Waals surface area contributed by atoms with Crippen molar-refractivity contribution in [3.8, 4) is 5.69 Å². The molecule has 0 atom stereocenters. The zero-order valence-electron chi connectivity index (χ0n) is 16.0. The smallest absolute Gasteiger partial charge is 0.191 e. The second-order valence-electron chi connectivity index (χ2n) is 6.52. The van der Waals surface area contributed by atoms with Gasteiger partial charge >= 0.3 is 0 Å². The number of aromatic nitrogens is 2. The van der Waals surface area contributed by atoms with Gasteiger partial charge in [0.1, 0.15) is 11.3 Å². The van der Waals surface area contributed by atoms with Gasteiger partial charge in [-0.05, 0) is 24.6 Å². The fraction of sp³-hybridized carbons (Fsp3) is 0.182. The number of guanidine groups is 1. The molecule has 0 saturated carbocycles. The largest absolute Gasteiger partial charge is 0.459 e. The van der Waals surface area contributed by atoms with Crippen molar-refractivity contribution >= 4 is 16.9 Å². The minimum Gasteiger partial charge on any atom is -0.459 e. The number of aliphatic imine (C=N–C) groups is 1. The standard InChI is InChI=1S/C22H23N5O/c1-16-18-8-4-6-10-20(18)28-21(16)14-26-22(23-2)25-13-17-7-3-5-9-19(17)27-12-11-24-15-27/h3-12,15H,13-14H2,1-2H3,(H2,23,25,26). The van der Waals surface area contributed by atoms with Crippen molar-refractivity contribution in [2.24, 2.45) is 4.99 Å². The van der Waals surface area contributed by atoms with Gasteiger partial charge in [0.2, 0.25) is 0 Å². The van der Waals surface area contributed by atoms with Gasteiger partial charge in [-0.3, -0.25) is 4.99 Å². The maximum atomic E-state index is 5.97. The molecular weight excluding hydrogens is 350 g/mol. The molecule has 2 aromatic heterocycles. The predicted molar refractivity (Wildman–Crippen MR) is 112 cm³/mol. The summed E-state index contributed by atoms with van der Waals surface area (Å²) in [5.74, 6) is 1.64. The van der Waals surface area contributed by atoms with Gasteiger partial charge in [0, 0.05) is 36.9 Å². The number of hydrogen-bond donors (Lipinski definition) is 2. The molecule has 6 nitrogen and oxygen atoms in total. The van der Waals surface area contributed by atoms with Gasteiger partial charge < -0.3 is 19.6 Å². The Kier molecular flexibility index (Phi) is 5.10. The highest BCUT2D eigenvalue weighted by atomic mass is 16.3. The molecule has 28 heavy (non-hydrogen) atoms. The number of hydrogen-bond acceptors (Lipinski definition) is 3. The van der Waals surface area contributed by atoms with Gasteiger partial charge in [-0.25, -0.2) is 4.98 Å². The van der Waals surface area contributed by atoms with E-state index in [0.717, 1.165) is 39.5 Å². The Morgan fingerprint density at radius 2 is 1.86 bits per heavy atom. The summed E-state index contributed by atoms with van der Waals surface area (Å²) in [7, 11) is 1.77. The molecule has 2 aromatic carbocycles. The Labute approximate surface area is 163 Å². The molecule has 0 fully saturated rings. The molecule has 0 radical (unpaired) electrons. The first-order valence-electron chi connectivity index (χ1n) is 9.24. The first kappa shape index (κ1) is 17.9. The third-order valence-corrected chi connectivity index (χ3v) is 4.80. The molecule has 4 rings (SSSR count). The van der Waals surface area contributed by atoms with Crippen LogP contribution in [-0.4, -0.2) is 22.6 Å². The van der Waals surface area contributed by atoms with E-state index < -0.39 is 0 Å². The molecule has 0 aliphatic heterocycles. The van der Waals surface area contributed by atoms with Crippen LogP contribution in [0.25, 0.3) is 16.7 Å². The van der Waals surface area contributed by atoms with Crippen LogP contribution in [0.5, 0.6) is 0 Å². The van der Waals surface area contributed by atoms with Crippen LogP contribution < -0.4 is 10.6 Å². The number of rotatable bonds is 5. The van der Waals surface area contributed by atoms with Crippen LogP contribution in [0.3, 0.4) is 0 Å². The minimum absolute atomic E-state index is 0.573. The Bertz CT molecular complexity index is 1100. The molecule has 6 heteroatoms. The number of para-hydroxylation sites is 2. The monoisotopic (exact) mass is 373 g/mol. The molecule has 0 saturated heterocycles. The maximum absolute atomic E-state index is 5.97. The van der Waals surface area contributed by atoms with Crippen molar-refractivity contribution in [2.75, 3.05) is 7.05 Å². The fourth-order valence-corrected chi connectivity index (χ4v) is 3.27. The van der Waals surface area contributed by atoms with Crippen molar-refractivity contribution in [2.45, 2.75) is 20.0 Å². The second-order valence-corrected chi connectivity index (χ2v) is 6.52. The highest BCUT2D eigenvalue weighted by molar-refractivity contribution is 5.83. The van der Waals surface area contributed by atoms with Crippen LogP contribution in [0, 0.1) is 6.92 Å². The number of benzene rings is 2. The summed E-state index contributed by atoms with van der Waals surface area (Å²) >= 11 is 0. The normalized spacial score (nSPS) is 11.7. The lowest BCUT2D eigenvalue weighted by atomic mass is 10.1. The first-order chi connectivity index (χ1) is 13.8. The molecule has 0 aliphatic carbocycles. The third kappa shape index (κ3) is 3.62. The van der Waals surface area contributed by atoms with Crippen LogP contribution in [0.1, 0.15) is 16.9 Å².